The second-order valence-corrected chi connectivity index (χ2v) is 14.4. The van der Waals surface area contributed by atoms with Gasteiger partial charge in [0.1, 0.15) is 18.5 Å². The summed E-state index contributed by atoms with van der Waals surface area (Å²) in [5, 5.41) is 0. The Bertz CT molecular complexity index is 1170. The van der Waals surface area contributed by atoms with Crippen LogP contribution in [-0.4, -0.2) is 55.2 Å². The lowest BCUT2D eigenvalue weighted by atomic mass is 9.35. The van der Waals surface area contributed by atoms with Crippen molar-refractivity contribution in [3.63, 3.8) is 0 Å². The van der Waals surface area contributed by atoms with Gasteiger partial charge in [0.2, 0.25) is 0 Å². The summed E-state index contributed by atoms with van der Waals surface area (Å²) in [7, 11) is 1.78. The summed E-state index contributed by atoms with van der Waals surface area (Å²) in [5.41, 5.74) is 2.34. The van der Waals surface area contributed by atoms with Crippen LogP contribution in [0.2, 0.25) is 0 Å². The van der Waals surface area contributed by atoms with Crippen molar-refractivity contribution in [2.45, 2.75) is 95.0 Å². The highest BCUT2D eigenvalue weighted by Gasteiger charge is 2.81. The van der Waals surface area contributed by atoms with Crippen LogP contribution in [0.25, 0.3) is 0 Å². The van der Waals surface area contributed by atoms with Gasteiger partial charge in [-0.1, -0.05) is 39.0 Å². The number of ether oxygens (including phenoxy) is 4. The minimum atomic E-state index is -0.470. The van der Waals surface area contributed by atoms with Crippen molar-refractivity contribution in [3.05, 3.63) is 35.4 Å². The maximum atomic E-state index is 7.17. The van der Waals surface area contributed by atoms with E-state index in [1.807, 2.05) is 0 Å². The Morgan fingerprint density at radius 2 is 1.97 bits per heavy atom. The quantitative estimate of drug-likeness (QED) is 0.538. The Morgan fingerprint density at radius 1 is 1.14 bits per heavy atom. The molecule has 8 aliphatic rings. The summed E-state index contributed by atoms with van der Waals surface area (Å²) in [6, 6.07) is 4.97. The lowest BCUT2D eigenvalue weighted by molar-refractivity contribution is -0.342. The van der Waals surface area contributed by atoms with Gasteiger partial charge in [0, 0.05) is 29.5 Å². The second-order valence-electron chi connectivity index (χ2n) is 14.4. The average molecular weight is 492 g/mol. The van der Waals surface area contributed by atoms with Gasteiger partial charge in [-0.3, -0.25) is 4.90 Å². The highest BCUT2D eigenvalue weighted by molar-refractivity contribution is 5.65. The van der Waals surface area contributed by atoms with Crippen LogP contribution < -0.4 is 9.47 Å². The third-order valence-electron chi connectivity index (χ3n) is 11.3. The number of piperidine rings is 1. The number of nitrogens with zero attached hydrogens (tertiary/aromatic N) is 1. The van der Waals surface area contributed by atoms with Crippen LogP contribution in [0.4, 0.5) is 0 Å². The van der Waals surface area contributed by atoms with Gasteiger partial charge in [-0.05, 0) is 75.0 Å². The van der Waals surface area contributed by atoms with Crippen LogP contribution in [0.3, 0.4) is 0 Å². The molecule has 0 radical (unpaired) electrons. The number of hydrogen-bond donors (Lipinski definition) is 0. The van der Waals surface area contributed by atoms with Gasteiger partial charge in [0.05, 0.1) is 18.1 Å². The molecule has 4 fully saturated rings. The van der Waals surface area contributed by atoms with Crippen molar-refractivity contribution in [2.24, 2.45) is 22.7 Å². The summed E-state index contributed by atoms with van der Waals surface area (Å²) in [6.45, 7) is 12.1. The first kappa shape index (κ1) is 22.4. The summed E-state index contributed by atoms with van der Waals surface area (Å²) in [6.07, 6.45) is 12.2. The van der Waals surface area contributed by atoms with E-state index in [1.54, 1.807) is 7.11 Å². The minimum absolute atomic E-state index is 0.0328. The molecule has 5 nitrogen and oxygen atoms in total. The van der Waals surface area contributed by atoms with Crippen LogP contribution in [0.1, 0.15) is 70.9 Å². The lowest BCUT2D eigenvalue weighted by Crippen LogP contribution is -2.82. The van der Waals surface area contributed by atoms with Crippen molar-refractivity contribution in [1.29, 1.82) is 0 Å². The second kappa shape index (κ2) is 6.71. The smallest absolute Gasteiger partial charge is 0.166 e. The predicted molar refractivity (Wildman–Crippen MR) is 137 cm³/mol. The Kier molecular flexibility index (Phi) is 4.18. The predicted octanol–water partition coefficient (Wildman–Crippen LogP) is 5.25. The van der Waals surface area contributed by atoms with E-state index in [0.717, 1.165) is 49.6 Å². The van der Waals surface area contributed by atoms with Crippen LogP contribution >= 0.6 is 0 Å². The fourth-order valence-electron chi connectivity index (χ4n) is 10.1. The fraction of sp³-hybridized carbons (Fsp3) is 0.742. The largest absolute Gasteiger partial charge is 0.493 e. The van der Waals surface area contributed by atoms with Crippen LogP contribution in [0.5, 0.6) is 11.5 Å². The van der Waals surface area contributed by atoms with Crippen molar-refractivity contribution >= 4 is 0 Å². The first-order chi connectivity index (χ1) is 17.2. The molecular formula is C31H41NO4. The molecule has 0 amide bonds. The zero-order valence-corrected chi connectivity index (χ0v) is 22.6. The Labute approximate surface area is 215 Å². The first-order valence-corrected chi connectivity index (χ1v) is 14.3. The molecular weight excluding hydrogens is 450 g/mol. The van der Waals surface area contributed by atoms with Gasteiger partial charge in [-0.25, -0.2) is 0 Å². The van der Waals surface area contributed by atoms with Gasteiger partial charge in [0.15, 0.2) is 11.5 Å². The molecule has 3 heterocycles. The third-order valence-corrected chi connectivity index (χ3v) is 11.3. The van der Waals surface area contributed by atoms with Crippen molar-refractivity contribution < 1.29 is 18.9 Å². The monoisotopic (exact) mass is 491 g/mol. The molecule has 3 aliphatic heterocycles. The van der Waals surface area contributed by atoms with E-state index in [4.69, 9.17) is 18.9 Å². The number of likely N-dealkylation sites (tertiary alicyclic amines) is 1. The zero-order chi connectivity index (χ0) is 24.7. The van der Waals surface area contributed by atoms with Crippen molar-refractivity contribution in [2.75, 3.05) is 27.0 Å². The summed E-state index contributed by atoms with van der Waals surface area (Å²) in [4.78, 5) is 2.87. The number of rotatable bonds is 4. The highest BCUT2D eigenvalue weighted by atomic mass is 16.7. The maximum absolute atomic E-state index is 7.17. The molecule has 1 aromatic carbocycles. The first-order valence-electron chi connectivity index (χ1n) is 14.3. The van der Waals surface area contributed by atoms with E-state index < -0.39 is 5.60 Å². The molecule has 4 bridgehead atoms. The molecule has 36 heavy (non-hydrogen) atoms. The number of methoxy groups -OCH3 is 1. The molecule has 2 saturated heterocycles. The van der Waals surface area contributed by atoms with Crippen LogP contribution in [0.15, 0.2) is 24.3 Å². The molecule has 7 atom stereocenters. The molecule has 0 N–H and O–H groups in total. The maximum Gasteiger partial charge on any atom is 0.166 e. The SMILES string of the molecule is COc1ccc2c3c1OC1C45C=CC6(CC4C(C)(CC(C)(C)C)OCO5)C(C2)N(CC2CC2)CCC316. The van der Waals surface area contributed by atoms with E-state index in [1.165, 1.54) is 30.5 Å². The molecule has 7 unspecified atom stereocenters. The van der Waals surface area contributed by atoms with Gasteiger partial charge in [0.25, 0.3) is 0 Å². The topological polar surface area (TPSA) is 40.2 Å². The fourth-order valence-corrected chi connectivity index (χ4v) is 10.1. The average Bonchev–Trinajstić information content (AvgIpc) is 3.56. The Balaban J connectivity index is 1.36. The lowest BCUT2D eigenvalue weighted by Gasteiger charge is -2.74. The Morgan fingerprint density at radius 3 is 2.72 bits per heavy atom. The minimum Gasteiger partial charge on any atom is -0.493 e. The number of benzene rings is 1. The van der Waals surface area contributed by atoms with E-state index in [2.05, 4.69) is 56.9 Å². The molecule has 5 aliphatic carbocycles. The highest BCUT2D eigenvalue weighted by Crippen LogP contribution is 2.76. The number of hydrogen-bond acceptors (Lipinski definition) is 5. The van der Waals surface area contributed by atoms with Gasteiger partial charge in [-0.2, -0.15) is 0 Å². The van der Waals surface area contributed by atoms with Crippen LogP contribution in [0, 0.1) is 22.7 Å². The molecule has 2 saturated carbocycles. The molecule has 194 valence electrons. The van der Waals surface area contributed by atoms with Crippen molar-refractivity contribution in [1.82, 2.24) is 4.90 Å². The molecule has 1 aromatic rings. The Hall–Kier alpha value is -1.56. The molecule has 9 rings (SSSR count). The van der Waals surface area contributed by atoms with E-state index in [9.17, 15) is 0 Å². The van der Waals surface area contributed by atoms with Crippen molar-refractivity contribution in [3.8, 4) is 11.5 Å². The van der Waals surface area contributed by atoms with Crippen LogP contribution in [-0.2, 0) is 21.3 Å². The van der Waals surface area contributed by atoms with Gasteiger partial charge < -0.3 is 18.9 Å². The normalized spacial score (nSPS) is 45.8. The van der Waals surface area contributed by atoms with E-state index in [0.29, 0.717) is 12.8 Å². The van der Waals surface area contributed by atoms with Gasteiger partial charge in [-0.15, -0.1) is 0 Å². The molecule has 3 spiro atoms. The van der Waals surface area contributed by atoms with E-state index >= 15 is 0 Å². The summed E-state index contributed by atoms with van der Waals surface area (Å²) in [5.74, 6) is 3.02. The van der Waals surface area contributed by atoms with E-state index in [-0.39, 0.29) is 33.9 Å². The summed E-state index contributed by atoms with van der Waals surface area (Å²) < 4.78 is 26.5. The third kappa shape index (κ3) is 2.49. The molecule has 0 aromatic heterocycles. The van der Waals surface area contributed by atoms with Gasteiger partial charge >= 0.3 is 0 Å². The zero-order valence-electron chi connectivity index (χ0n) is 22.6. The molecule has 5 heteroatoms. The summed E-state index contributed by atoms with van der Waals surface area (Å²) >= 11 is 0. The standard InChI is InChI=1S/C31H41NO4/c1-27(2,3)17-28(4)22-15-29-10-11-31(22,35-18-34-28)26-30(29)12-13-32(16-19-6-7-19)23(29)14-20-8-9-21(33-5)25(36-26)24(20)30/h8-11,19,22-23,26H,6-7,12-18H2,1-5H3.